The number of hydrogen-bond donors (Lipinski definition) is 2. The predicted octanol–water partition coefficient (Wildman–Crippen LogP) is 0.870. The van der Waals surface area contributed by atoms with Gasteiger partial charge in [0.15, 0.2) is 0 Å². The summed E-state index contributed by atoms with van der Waals surface area (Å²) in [6, 6.07) is 1.21. The highest BCUT2D eigenvalue weighted by Crippen LogP contribution is 2.57. The molecule has 4 fully saturated rings. The first-order valence-corrected chi connectivity index (χ1v) is 7.92. The summed E-state index contributed by atoms with van der Waals surface area (Å²) >= 11 is 0. The van der Waals surface area contributed by atoms with Gasteiger partial charge in [0.25, 0.3) is 0 Å². The highest BCUT2D eigenvalue weighted by atomic mass is 16.5. The van der Waals surface area contributed by atoms with Crippen LogP contribution in [0.15, 0.2) is 0 Å². The summed E-state index contributed by atoms with van der Waals surface area (Å²) in [4.78, 5) is 2.52. The minimum Gasteiger partial charge on any atom is -0.388 e. The lowest BCUT2D eigenvalue weighted by Gasteiger charge is -2.46. The molecule has 3 saturated heterocycles. The first-order chi connectivity index (χ1) is 9.08. The van der Waals surface area contributed by atoms with Crippen LogP contribution in [0.25, 0.3) is 0 Å². The predicted molar refractivity (Wildman–Crippen MR) is 72.8 cm³/mol. The Balaban J connectivity index is 1.63. The van der Waals surface area contributed by atoms with Crippen LogP contribution in [-0.2, 0) is 4.74 Å². The molecule has 4 heteroatoms. The molecule has 3 heterocycles. The Morgan fingerprint density at radius 3 is 2.58 bits per heavy atom. The summed E-state index contributed by atoms with van der Waals surface area (Å²) < 4.78 is 6.04. The zero-order valence-corrected chi connectivity index (χ0v) is 11.8. The van der Waals surface area contributed by atoms with Crippen LogP contribution < -0.4 is 5.73 Å². The van der Waals surface area contributed by atoms with E-state index in [1.54, 1.807) is 0 Å². The zero-order valence-electron chi connectivity index (χ0n) is 11.8. The molecule has 0 aromatic heterocycles. The summed E-state index contributed by atoms with van der Waals surface area (Å²) in [5.41, 5.74) is 5.32. The zero-order chi connectivity index (χ0) is 13.3. The largest absolute Gasteiger partial charge is 0.388 e. The van der Waals surface area contributed by atoms with Gasteiger partial charge in [-0.1, -0.05) is 0 Å². The van der Waals surface area contributed by atoms with Gasteiger partial charge in [-0.15, -0.1) is 0 Å². The van der Waals surface area contributed by atoms with Crippen molar-refractivity contribution in [3.8, 4) is 0 Å². The molecular formula is C15H26N2O2. The fourth-order valence-electron chi connectivity index (χ4n) is 5.08. The third-order valence-electron chi connectivity index (χ3n) is 6.27. The summed E-state index contributed by atoms with van der Waals surface area (Å²) in [5, 5.41) is 11.4. The van der Waals surface area contributed by atoms with Crippen LogP contribution in [0.3, 0.4) is 0 Å². The Morgan fingerprint density at radius 1 is 1.26 bits per heavy atom. The van der Waals surface area contributed by atoms with E-state index in [-0.39, 0.29) is 11.5 Å². The molecule has 5 atom stereocenters. The smallest absolute Gasteiger partial charge is 0.0882 e. The van der Waals surface area contributed by atoms with Crippen LogP contribution in [0.1, 0.15) is 45.4 Å². The first-order valence-electron chi connectivity index (χ1n) is 7.92. The molecule has 19 heavy (non-hydrogen) atoms. The molecule has 1 aliphatic carbocycles. The van der Waals surface area contributed by atoms with Gasteiger partial charge in [-0.25, -0.2) is 0 Å². The normalized spacial score (nSPS) is 54.2. The number of aliphatic hydroxyl groups is 1. The number of β-amino-alcohol motifs (C(OH)–C–C–N with tert-alkyl or cyclic N) is 1. The van der Waals surface area contributed by atoms with Gasteiger partial charge in [-0.3, -0.25) is 4.90 Å². The van der Waals surface area contributed by atoms with Crippen LogP contribution >= 0.6 is 0 Å². The third-order valence-corrected chi connectivity index (χ3v) is 6.27. The van der Waals surface area contributed by atoms with Crippen molar-refractivity contribution in [3.63, 3.8) is 0 Å². The van der Waals surface area contributed by atoms with Crippen LogP contribution in [0, 0.1) is 5.41 Å². The van der Waals surface area contributed by atoms with Crippen molar-refractivity contribution in [2.75, 3.05) is 13.1 Å². The fourth-order valence-corrected chi connectivity index (χ4v) is 5.08. The fraction of sp³-hybridized carbons (Fsp3) is 1.00. The van der Waals surface area contributed by atoms with Gasteiger partial charge in [0.2, 0.25) is 0 Å². The van der Waals surface area contributed by atoms with Gasteiger partial charge in [-0.05, 0) is 45.4 Å². The number of nitrogens with zero attached hydrogens (tertiary/aromatic N) is 1. The Kier molecular flexibility index (Phi) is 2.61. The Bertz CT molecular complexity index is 386. The lowest BCUT2D eigenvalue weighted by atomic mass is 9.62. The van der Waals surface area contributed by atoms with E-state index in [0.717, 1.165) is 38.3 Å². The molecule has 0 radical (unpaired) electrons. The quantitative estimate of drug-likeness (QED) is 0.796. The molecule has 0 spiro atoms. The van der Waals surface area contributed by atoms with Gasteiger partial charge in [0.1, 0.15) is 0 Å². The van der Waals surface area contributed by atoms with E-state index in [4.69, 9.17) is 10.5 Å². The van der Waals surface area contributed by atoms with Crippen LogP contribution in [0.2, 0.25) is 0 Å². The van der Waals surface area contributed by atoms with Crippen molar-refractivity contribution >= 4 is 0 Å². The number of likely N-dealkylation sites (tertiary alicyclic amines) is 1. The van der Waals surface area contributed by atoms with E-state index in [9.17, 15) is 5.11 Å². The average molecular weight is 266 g/mol. The van der Waals surface area contributed by atoms with Crippen molar-refractivity contribution in [1.82, 2.24) is 4.90 Å². The summed E-state index contributed by atoms with van der Waals surface area (Å²) in [6.45, 7) is 3.63. The standard InChI is InChI=1S/C15H26N2O2/c1-10-6-15(18,9-17(10)11-2-3-11)14(8-16)7-12-4-5-13(14)19-12/h10-13,18H,2-9,16H2,1H3. The summed E-state index contributed by atoms with van der Waals surface area (Å²) in [5.74, 6) is 0. The molecule has 1 saturated carbocycles. The molecule has 2 bridgehead atoms. The molecule has 0 aromatic carbocycles. The van der Waals surface area contributed by atoms with Gasteiger partial charge >= 0.3 is 0 Å². The number of hydrogen-bond acceptors (Lipinski definition) is 4. The average Bonchev–Trinajstić information content (AvgIpc) is 2.89. The topological polar surface area (TPSA) is 58.7 Å². The number of rotatable bonds is 3. The van der Waals surface area contributed by atoms with Crippen LogP contribution in [-0.4, -0.2) is 53.0 Å². The van der Waals surface area contributed by atoms with Crippen molar-refractivity contribution in [2.24, 2.45) is 11.1 Å². The van der Waals surface area contributed by atoms with Gasteiger partial charge < -0.3 is 15.6 Å². The second-order valence-electron chi connectivity index (χ2n) is 7.38. The number of nitrogens with two attached hydrogens (primary N) is 1. The number of fused-ring (bicyclic) bond motifs is 2. The molecule has 3 N–H and O–H groups in total. The monoisotopic (exact) mass is 266 g/mol. The van der Waals surface area contributed by atoms with Gasteiger partial charge in [0, 0.05) is 30.6 Å². The van der Waals surface area contributed by atoms with Crippen molar-refractivity contribution in [1.29, 1.82) is 0 Å². The maximum atomic E-state index is 11.4. The third kappa shape index (κ3) is 1.60. The van der Waals surface area contributed by atoms with E-state index in [1.165, 1.54) is 12.8 Å². The Hall–Kier alpha value is -0.160. The van der Waals surface area contributed by atoms with E-state index < -0.39 is 5.60 Å². The summed E-state index contributed by atoms with van der Waals surface area (Å²) in [6.07, 6.45) is 7.23. The molecule has 4 rings (SSSR count). The molecule has 0 amide bonds. The SMILES string of the molecule is CC1CC(O)(C2(CN)CC3CCC2O3)CN1C1CC1. The second kappa shape index (κ2) is 3.94. The van der Waals surface area contributed by atoms with Crippen LogP contribution in [0.4, 0.5) is 0 Å². The van der Waals surface area contributed by atoms with Crippen molar-refractivity contribution in [2.45, 2.75) is 75.3 Å². The Labute approximate surface area is 115 Å². The number of ether oxygens (including phenoxy) is 1. The maximum absolute atomic E-state index is 11.4. The van der Waals surface area contributed by atoms with Gasteiger partial charge in [-0.2, -0.15) is 0 Å². The molecule has 108 valence electrons. The molecular weight excluding hydrogens is 240 g/mol. The van der Waals surface area contributed by atoms with Crippen LogP contribution in [0.5, 0.6) is 0 Å². The molecule has 0 aromatic rings. The first kappa shape index (κ1) is 12.6. The van der Waals surface area contributed by atoms with E-state index in [0.29, 0.717) is 18.7 Å². The minimum atomic E-state index is -0.635. The van der Waals surface area contributed by atoms with Crippen molar-refractivity contribution < 1.29 is 9.84 Å². The summed E-state index contributed by atoms with van der Waals surface area (Å²) in [7, 11) is 0. The van der Waals surface area contributed by atoms with Crippen molar-refractivity contribution in [3.05, 3.63) is 0 Å². The minimum absolute atomic E-state index is 0.187. The lowest BCUT2D eigenvalue weighted by Crippen LogP contribution is -2.59. The van der Waals surface area contributed by atoms with Gasteiger partial charge in [0.05, 0.1) is 17.8 Å². The Morgan fingerprint density at radius 2 is 2.05 bits per heavy atom. The lowest BCUT2D eigenvalue weighted by molar-refractivity contribution is -0.103. The highest BCUT2D eigenvalue weighted by molar-refractivity contribution is 5.16. The highest BCUT2D eigenvalue weighted by Gasteiger charge is 2.65. The van der Waals surface area contributed by atoms with E-state index >= 15 is 0 Å². The molecule has 4 aliphatic rings. The van der Waals surface area contributed by atoms with E-state index in [2.05, 4.69) is 11.8 Å². The maximum Gasteiger partial charge on any atom is 0.0882 e. The molecule has 5 unspecified atom stereocenters. The second-order valence-corrected chi connectivity index (χ2v) is 7.38. The molecule has 4 nitrogen and oxygen atoms in total. The van der Waals surface area contributed by atoms with E-state index in [1.807, 2.05) is 0 Å². The molecule has 3 aliphatic heterocycles.